The van der Waals surface area contributed by atoms with E-state index in [1.54, 1.807) is 0 Å². The zero-order valence-electron chi connectivity index (χ0n) is 7.61. The molecule has 1 unspecified atom stereocenters. The number of carbonyl (C=O) groups excluding carboxylic acids is 2. The molecule has 0 rings (SSSR count). The molecule has 5 nitrogen and oxygen atoms in total. The summed E-state index contributed by atoms with van der Waals surface area (Å²) in [6.07, 6.45) is -0.536. The van der Waals surface area contributed by atoms with Crippen LogP contribution in [-0.4, -0.2) is 31.2 Å². The molecule has 0 heterocycles. The maximum absolute atomic E-state index is 10.4. The third-order valence-electron chi connectivity index (χ3n) is 1.07. The Balaban J connectivity index is 0. The largest absolute Gasteiger partial charge is 0.462 e. The van der Waals surface area contributed by atoms with Gasteiger partial charge in [0, 0.05) is 20.4 Å². The molecule has 0 aromatic carbocycles. The summed E-state index contributed by atoms with van der Waals surface area (Å²) in [6.45, 7) is 2.72. The highest BCUT2D eigenvalue weighted by Crippen LogP contribution is 1.92. The second-order valence-corrected chi connectivity index (χ2v) is 2.27. The zero-order valence-corrected chi connectivity index (χ0v) is 8.43. The number of halogens is 1. The van der Waals surface area contributed by atoms with Crippen LogP contribution in [0, 0.1) is 0 Å². The summed E-state index contributed by atoms with van der Waals surface area (Å²) in [5.41, 5.74) is 5.24. The normalized spacial score (nSPS) is 11.0. The third-order valence-corrected chi connectivity index (χ3v) is 1.07. The monoisotopic (exact) mass is 211 g/mol. The van der Waals surface area contributed by atoms with Crippen molar-refractivity contribution in [2.24, 2.45) is 5.73 Å². The van der Waals surface area contributed by atoms with E-state index in [4.69, 9.17) is 10.5 Å². The van der Waals surface area contributed by atoms with E-state index in [2.05, 4.69) is 4.74 Å². The van der Waals surface area contributed by atoms with Gasteiger partial charge in [0.1, 0.15) is 12.7 Å². The first-order valence-electron chi connectivity index (χ1n) is 3.57. The van der Waals surface area contributed by atoms with E-state index in [0.29, 0.717) is 0 Å². The Morgan fingerprint density at radius 3 is 2.15 bits per heavy atom. The number of carbonyl (C=O) groups is 2. The van der Waals surface area contributed by atoms with Crippen LogP contribution in [0.3, 0.4) is 0 Å². The fourth-order valence-corrected chi connectivity index (χ4v) is 0.595. The molecule has 0 saturated heterocycles. The van der Waals surface area contributed by atoms with E-state index >= 15 is 0 Å². The number of hydrogen-bond acceptors (Lipinski definition) is 5. The number of rotatable bonds is 4. The predicted octanol–water partition coefficient (Wildman–Crippen LogP) is -0.138. The first-order chi connectivity index (χ1) is 5.56. The zero-order chi connectivity index (χ0) is 9.56. The van der Waals surface area contributed by atoms with Crippen LogP contribution in [0.25, 0.3) is 0 Å². The van der Waals surface area contributed by atoms with Crippen LogP contribution in [0.1, 0.15) is 13.8 Å². The molecule has 0 aliphatic rings. The molecule has 0 saturated carbocycles. The number of hydrogen-bond donors (Lipinski definition) is 1. The molecule has 0 aromatic rings. The van der Waals surface area contributed by atoms with Crippen molar-refractivity contribution in [3.63, 3.8) is 0 Å². The van der Waals surface area contributed by atoms with Crippen molar-refractivity contribution in [2.75, 3.05) is 13.2 Å². The lowest BCUT2D eigenvalue weighted by Crippen LogP contribution is -2.31. The van der Waals surface area contributed by atoms with Crippen molar-refractivity contribution < 1.29 is 19.1 Å². The van der Waals surface area contributed by atoms with Gasteiger partial charge in [-0.05, 0) is 0 Å². The molecule has 1 atom stereocenters. The second kappa shape index (κ2) is 7.82. The van der Waals surface area contributed by atoms with Crippen LogP contribution >= 0.6 is 12.4 Å². The van der Waals surface area contributed by atoms with Gasteiger partial charge in [0.25, 0.3) is 0 Å². The minimum atomic E-state index is -0.536. The molecule has 0 aliphatic carbocycles. The number of esters is 2. The van der Waals surface area contributed by atoms with Gasteiger partial charge in [0.05, 0.1) is 0 Å². The molecule has 0 amide bonds. The van der Waals surface area contributed by atoms with Gasteiger partial charge in [0.15, 0.2) is 0 Å². The van der Waals surface area contributed by atoms with Crippen molar-refractivity contribution in [3.05, 3.63) is 0 Å². The third kappa shape index (κ3) is 9.10. The van der Waals surface area contributed by atoms with Gasteiger partial charge in [-0.2, -0.15) is 0 Å². The fourth-order valence-electron chi connectivity index (χ4n) is 0.595. The van der Waals surface area contributed by atoms with Crippen LogP contribution < -0.4 is 5.73 Å². The van der Waals surface area contributed by atoms with Crippen molar-refractivity contribution in [1.82, 2.24) is 0 Å². The quantitative estimate of drug-likeness (QED) is 0.655. The summed E-state index contributed by atoms with van der Waals surface area (Å²) in [4.78, 5) is 20.8. The Hall–Kier alpha value is -0.810. The lowest BCUT2D eigenvalue weighted by Gasteiger charge is -2.13. The summed E-state index contributed by atoms with van der Waals surface area (Å²) in [5.74, 6) is -0.849. The maximum Gasteiger partial charge on any atom is 0.303 e. The average molecular weight is 212 g/mol. The molecule has 0 aliphatic heterocycles. The first-order valence-corrected chi connectivity index (χ1v) is 3.57. The summed E-state index contributed by atoms with van der Waals surface area (Å²) >= 11 is 0. The Kier molecular flexibility index (Phi) is 8.84. The van der Waals surface area contributed by atoms with Crippen molar-refractivity contribution in [1.29, 1.82) is 0 Å². The minimum absolute atomic E-state index is 0. The molecule has 0 aromatic heterocycles. The van der Waals surface area contributed by atoms with E-state index in [1.165, 1.54) is 13.8 Å². The van der Waals surface area contributed by atoms with E-state index < -0.39 is 18.0 Å². The highest BCUT2D eigenvalue weighted by Gasteiger charge is 2.10. The standard InChI is InChI=1S/C7H13NO4.ClH/c1-5(9)11-4-7(3-8)12-6(2)10;/h7H,3-4,8H2,1-2H3;1H. The molecule has 6 heteroatoms. The molecule has 0 radical (unpaired) electrons. The minimum Gasteiger partial charge on any atom is -0.462 e. The molecule has 0 fully saturated rings. The van der Waals surface area contributed by atoms with Gasteiger partial charge in [-0.25, -0.2) is 0 Å². The predicted molar refractivity (Wildman–Crippen MR) is 48.5 cm³/mol. The van der Waals surface area contributed by atoms with Crippen LogP contribution in [0.4, 0.5) is 0 Å². The highest BCUT2D eigenvalue weighted by molar-refractivity contribution is 5.85. The lowest BCUT2D eigenvalue weighted by atomic mass is 10.4. The summed E-state index contributed by atoms with van der Waals surface area (Å²) in [6, 6.07) is 0. The second-order valence-electron chi connectivity index (χ2n) is 2.27. The van der Waals surface area contributed by atoms with Crippen LogP contribution in [0.15, 0.2) is 0 Å². The van der Waals surface area contributed by atoms with Gasteiger partial charge >= 0.3 is 11.9 Å². The van der Waals surface area contributed by atoms with E-state index in [-0.39, 0.29) is 25.6 Å². The number of nitrogens with two attached hydrogens (primary N) is 1. The van der Waals surface area contributed by atoms with Gasteiger partial charge < -0.3 is 15.2 Å². The Bertz CT molecular complexity index is 174. The highest BCUT2D eigenvalue weighted by atomic mass is 35.5. The Labute approximate surface area is 83.0 Å². The van der Waals surface area contributed by atoms with Crippen molar-refractivity contribution in [2.45, 2.75) is 20.0 Å². The number of ether oxygens (including phenoxy) is 2. The molecule has 0 spiro atoms. The molecular weight excluding hydrogens is 198 g/mol. The lowest BCUT2D eigenvalue weighted by molar-refractivity contribution is -0.155. The first kappa shape index (κ1) is 14.7. The molecule has 78 valence electrons. The van der Waals surface area contributed by atoms with E-state index in [1.807, 2.05) is 0 Å². The Morgan fingerprint density at radius 2 is 1.85 bits per heavy atom. The van der Waals surface area contributed by atoms with E-state index in [9.17, 15) is 9.59 Å². The van der Waals surface area contributed by atoms with Crippen LogP contribution in [-0.2, 0) is 19.1 Å². The van der Waals surface area contributed by atoms with Crippen molar-refractivity contribution >= 4 is 24.3 Å². The van der Waals surface area contributed by atoms with Crippen LogP contribution in [0.2, 0.25) is 0 Å². The maximum atomic E-state index is 10.4. The topological polar surface area (TPSA) is 78.6 Å². The van der Waals surface area contributed by atoms with Crippen LogP contribution in [0.5, 0.6) is 0 Å². The van der Waals surface area contributed by atoms with Gasteiger partial charge in [0.2, 0.25) is 0 Å². The van der Waals surface area contributed by atoms with Gasteiger partial charge in [-0.3, -0.25) is 9.59 Å². The molecule has 0 bridgehead atoms. The fraction of sp³-hybridized carbons (Fsp3) is 0.714. The van der Waals surface area contributed by atoms with Gasteiger partial charge in [-0.15, -0.1) is 12.4 Å². The van der Waals surface area contributed by atoms with E-state index in [0.717, 1.165) is 0 Å². The van der Waals surface area contributed by atoms with Crippen molar-refractivity contribution in [3.8, 4) is 0 Å². The van der Waals surface area contributed by atoms with Gasteiger partial charge in [-0.1, -0.05) is 0 Å². The smallest absolute Gasteiger partial charge is 0.303 e. The molecular formula is C7H14ClNO4. The summed E-state index contributed by atoms with van der Waals surface area (Å²) < 4.78 is 9.31. The SMILES string of the molecule is CC(=O)OCC(CN)OC(C)=O.Cl. The summed E-state index contributed by atoms with van der Waals surface area (Å²) in [5, 5.41) is 0. The average Bonchev–Trinajstić information content (AvgIpc) is 1.97. The summed E-state index contributed by atoms with van der Waals surface area (Å²) in [7, 11) is 0. The molecule has 13 heavy (non-hydrogen) atoms. The Morgan fingerprint density at radius 1 is 1.31 bits per heavy atom. The molecule has 2 N–H and O–H groups in total.